The van der Waals surface area contributed by atoms with E-state index in [-0.39, 0.29) is 12.0 Å². The van der Waals surface area contributed by atoms with Crippen molar-refractivity contribution < 1.29 is 19.2 Å². The number of carbonyl (C=O) groups is 1. The van der Waals surface area contributed by atoms with E-state index in [0.717, 1.165) is 37.9 Å². The first-order valence-electron chi connectivity index (χ1n) is 7.35. The molecule has 1 aliphatic carbocycles. The monoisotopic (exact) mass is 282 g/mol. The summed E-state index contributed by atoms with van der Waals surface area (Å²) in [6.07, 6.45) is 6.05. The van der Waals surface area contributed by atoms with Crippen LogP contribution in [0.15, 0.2) is 4.52 Å². The zero-order chi connectivity index (χ0) is 14.4. The van der Waals surface area contributed by atoms with Crippen molar-refractivity contribution >= 4 is 5.97 Å². The van der Waals surface area contributed by atoms with Crippen molar-refractivity contribution in [2.24, 2.45) is 5.92 Å². The number of unbranched alkanes of at least 4 members (excludes halogenated alkanes) is 1. The molecule has 0 unspecified atom stereocenters. The average Bonchev–Trinajstić information content (AvgIpc) is 2.91. The smallest absolute Gasteiger partial charge is 0.306 e. The summed E-state index contributed by atoms with van der Waals surface area (Å²) in [7, 11) is 0. The molecule has 0 radical (unpaired) electrons. The van der Waals surface area contributed by atoms with Gasteiger partial charge in [0.15, 0.2) is 5.82 Å². The fraction of sp³-hybridized carbons (Fsp3) is 0.786. The van der Waals surface area contributed by atoms with Gasteiger partial charge in [-0.3, -0.25) is 4.79 Å². The molecule has 1 saturated carbocycles. The number of aliphatic carboxylic acids is 1. The molecule has 1 N–H and O–H groups in total. The predicted octanol–water partition coefficient (Wildman–Crippen LogP) is 2.57. The molecule has 6 nitrogen and oxygen atoms in total. The second-order valence-electron chi connectivity index (χ2n) is 5.33. The molecule has 20 heavy (non-hydrogen) atoms. The summed E-state index contributed by atoms with van der Waals surface area (Å²) in [6, 6.07) is 0. The topological polar surface area (TPSA) is 85.5 Å². The van der Waals surface area contributed by atoms with Crippen molar-refractivity contribution in [1.82, 2.24) is 10.1 Å². The van der Waals surface area contributed by atoms with Crippen LogP contribution >= 0.6 is 0 Å². The Morgan fingerprint density at radius 2 is 2.15 bits per heavy atom. The Labute approximate surface area is 118 Å². The van der Waals surface area contributed by atoms with Gasteiger partial charge in [0.1, 0.15) is 6.61 Å². The molecule has 1 heterocycles. The first kappa shape index (κ1) is 15.0. The van der Waals surface area contributed by atoms with Crippen LogP contribution in [0.1, 0.15) is 57.2 Å². The fourth-order valence-electron chi connectivity index (χ4n) is 2.45. The Morgan fingerprint density at radius 1 is 1.40 bits per heavy atom. The van der Waals surface area contributed by atoms with Crippen LogP contribution < -0.4 is 0 Å². The summed E-state index contributed by atoms with van der Waals surface area (Å²) in [5.74, 6) is 0.344. The third-order valence-electron chi connectivity index (χ3n) is 3.73. The SMILES string of the molecule is CCCCc1noc(COC2CCC(C(=O)O)CC2)n1. The summed E-state index contributed by atoms with van der Waals surface area (Å²) in [4.78, 5) is 15.1. The van der Waals surface area contributed by atoms with Crippen molar-refractivity contribution in [2.45, 2.75) is 64.6 Å². The Hall–Kier alpha value is -1.43. The molecule has 1 aromatic rings. The number of nitrogens with zero attached hydrogens (tertiary/aromatic N) is 2. The zero-order valence-electron chi connectivity index (χ0n) is 11.9. The lowest BCUT2D eigenvalue weighted by Gasteiger charge is -2.25. The summed E-state index contributed by atoms with van der Waals surface area (Å²) < 4.78 is 10.9. The van der Waals surface area contributed by atoms with Crippen LogP contribution in [0.5, 0.6) is 0 Å². The van der Waals surface area contributed by atoms with E-state index < -0.39 is 5.97 Å². The van der Waals surface area contributed by atoms with Crippen LogP contribution in [0.25, 0.3) is 0 Å². The molecule has 0 atom stereocenters. The average molecular weight is 282 g/mol. The third-order valence-corrected chi connectivity index (χ3v) is 3.73. The lowest BCUT2D eigenvalue weighted by atomic mass is 9.87. The Kier molecular flexibility index (Phi) is 5.52. The molecule has 2 rings (SSSR count). The first-order valence-corrected chi connectivity index (χ1v) is 7.35. The zero-order valence-corrected chi connectivity index (χ0v) is 11.9. The van der Waals surface area contributed by atoms with E-state index in [4.69, 9.17) is 14.4 Å². The minimum absolute atomic E-state index is 0.108. The van der Waals surface area contributed by atoms with Crippen molar-refractivity contribution in [3.05, 3.63) is 11.7 Å². The van der Waals surface area contributed by atoms with Gasteiger partial charge in [0.05, 0.1) is 12.0 Å². The number of rotatable bonds is 7. The fourth-order valence-corrected chi connectivity index (χ4v) is 2.45. The summed E-state index contributed by atoms with van der Waals surface area (Å²) in [5.41, 5.74) is 0. The van der Waals surface area contributed by atoms with Crippen molar-refractivity contribution in [3.63, 3.8) is 0 Å². The van der Waals surface area contributed by atoms with E-state index in [1.807, 2.05) is 0 Å². The molecule has 6 heteroatoms. The van der Waals surface area contributed by atoms with Crippen LogP contribution in [0.4, 0.5) is 0 Å². The lowest BCUT2D eigenvalue weighted by molar-refractivity contribution is -0.144. The van der Waals surface area contributed by atoms with Gasteiger partial charge in [-0.25, -0.2) is 0 Å². The van der Waals surface area contributed by atoms with Crippen LogP contribution in [0, 0.1) is 5.92 Å². The highest BCUT2D eigenvalue weighted by Gasteiger charge is 2.26. The number of aromatic nitrogens is 2. The van der Waals surface area contributed by atoms with Gasteiger partial charge < -0.3 is 14.4 Å². The molecule has 112 valence electrons. The Morgan fingerprint density at radius 3 is 2.80 bits per heavy atom. The molecule has 0 spiro atoms. The Bertz CT molecular complexity index is 425. The number of aryl methyl sites for hydroxylation is 1. The van der Waals surface area contributed by atoms with Crippen LogP contribution in [-0.4, -0.2) is 27.3 Å². The number of hydrogen-bond donors (Lipinski definition) is 1. The largest absolute Gasteiger partial charge is 0.481 e. The summed E-state index contributed by atoms with van der Waals surface area (Å²) >= 11 is 0. The quantitative estimate of drug-likeness (QED) is 0.827. The van der Waals surface area contributed by atoms with E-state index in [1.54, 1.807) is 0 Å². The standard InChI is InChI=1S/C14H22N2O4/c1-2-3-4-12-15-13(20-16-12)9-19-11-7-5-10(6-8-11)14(17)18/h10-11H,2-9H2,1H3,(H,17,18). The second-order valence-corrected chi connectivity index (χ2v) is 5.33. The summed E-state index contributed by atoms with van der Waals surface area (Å²) in [5, 5.41) is 12.8. The maximum Gasteiger partial charge on any atom is 0.306 e. The van der Waals surface area contributed by atoms with Crippen molar-refractivity contribution in [3.8, 4) is 0 Å². The minimum atomic E-state index is -0.694. The third kappa shape index (κ3) is 4.30. The van der Waals surface area contributed by atoms with E-state index in [0.29, 0.717) is 25.3 Å². The molecule has 1 aromatic heterocycles. The van der Waals surface area contributed by atoms with Gasteiger partial charge in [-0.1, -0.05) is 18.5 Å². The molecule has 1 fully saturated rings. The molecule has 0 aliphatic heterocycles. The number of ether oxygens (including phenoxy) is 1. The molecule has 0 aromatic carbocycles. The Balaban J connectivity index is 1.70. The molecule has 0 bridgehead atoms. The number of hydrogen-bond acceptors (Lipinski definition) is 5. The van der Waals surface area contributed by atoms with Gasteiger partial charge in [0.2, 0.25) is 0 Å². The van der Waals surface area contributed by atoms with Crippen LogP contribution in [0.3, 0.4) is 0 Å². The lowest BCUT2D eigenvalue weighted by Crippen LogP contribution is -2.25. The van der Waals surface area contributed by atoms with Gasteiger partial charge in [-0.05, 0) is 32.1 Å². The minimum Gasteiger partial charge on any atom is -0.481 e. The second kappa shape index (κ2) is 7.38. The van der Waals surface area contributed by atoms with Crippen LogP contribution in [-0.2, 0) is 22.6 Å². The first-order chi connectivity index (χ1) is 9.69. The highest BCUT2D eigenvalue weighted by Crippen LogP contribution is 2.26. The maximum absolute atomic E-state index is 10.9. The normalized spacial score (nSPS) is 22.9. The predicted molar refractivity (Wildman–Crippen MR) is 71.1 cm³/mol. The van der Waals surface area contributed by atoms with E-state index >= 15 is 0 Å². The number of carboxylic acid groups (broad SMARTS) is 1. The van der Waals surface area contributed by atoms with Crippen LogP contribution in [0.2, 0.25) is 0 Å². The molecular weight excluding hydrogens is 260 g/mol. The van der Waals surface area contributed by atoms with Gasteiger partial charge in [0, 0.05) is 6.42 Å². The van der Waals surface area contributed by atoms with E-state index in [2.05, 4.69) is 17.1 Å². The van der Waals surface area contributed by atoms with Crippen molar-refractivity contribution in [1.29, 1.82) is 0 Å². The van der Waals surface area contributed by atoms with E-state index in [9.17, 15) is 4.79 Å². The van der Waals surface area contributed by atoms with Gasteiger partial charge in [-0.15, -0.1) is 0 Å². The molecule has 1 aliphatic rings. The maximum atomic E-state index is 10.9. The van der Waals surface area contributed by atoms with Gasteiger partial charge in [0.25, 0.3) is 5.89 Å². The molecule has 0 amide bonds. The van der Waals surface area contributed by atoms with Crippen molar-refractivity contribution in [2.75, 3.05) is 0 Å². The van der Waals surface area contributed by atoms with Gasteiger partial charge >= 0.3 is 5.97 Å². The number of carboxylic acids is 1. The summed E-state index contributed by atoms with van der Waals surface area (Å²) in [6.45, 7) is 2.44. The van der Waals surface area contributed by atoms with Gasteiger partial charge in [-0.2, -0.15) is 4.98 Å². The highest BCUT2D eigenvalue weighted by atomic mass is 16.5. The van der Waals surface area contributed by atoms with E-state index in [1.165, 1.54) is 0 Å². The molecular formula is C14H22N2O4. The molecule has 0 saturated heterocycles. The highest BCUT2D eigenvalue weighted by molar-refractivity contribution is 5.70.